The highest BCUT2D eigenvalue weighted by Gasteiger charge is 2.12. The maximum Gasteiger partial charge on any atom is 0.336 e. The number of ether oxygens (including phenoxy) is 1. The number of benzene rings is 3. The summed E-state index contributed by atoms with van der Waals surface area (Å²) in [6, 6.07) is 24.4. The van der Waals surface area contributed by atoms with Crippen molar-refractivity contribution >= 4 is 12.0 Å². The Hall–Kier alpha value is -3.13. The second-order valence-electron chi connectivity index (χ2n) is 8.93. The van der Waals surface area contributed by atoms with Crippen LogP contribution in [0.2, 0.25) is 0 Å². The lowest BCUT2D eigenvalue weighted by molar-refractivity contribution is -0.128. The Balaban J connectivity index is 1.61. The van der Waals surface area contributed by atoms with Crippen LogP contribution >= 0.6 is 0 Å². The van der Waals surface area contributed by atoms with E-state index in [1.807, 2.05) is 36.4 Å². The first-order chi connectivity index (χ1) is 14.2. The van der Waals surface area contributed by atoms with Gasteiger partial charge in [0.05, 0.1) is 0 Å². The van der Waals surface area contributed by atoms with Gasteiger partial charge in [-0.25, -0.2) is 4.79 Å². The fourth-order valence-electron chi connectivity index (χ4n) is 3.18. The molecule has 0 radical (unpaired) electrons. The standard InChI is InChI=1S/C28H30O2/c1-20(2)22-9-11-23(12-10-22)24-13-17-26(18-14-24)30-27(29)19-8-21-6-15-25(16-7-21)28(3,4)5/h6-20H,1-5H3/b19-8+. The lowest BCUT2D eigenvalue weighted by atomic mass is 9.87. The molecular formula is C28H30O2. The Morgan fingerprint density at radius 1 is 0.800 bits per heavy atom. The molecular weight excluding hydrogens is 368 g/mol. The van der Waals surface area contributed by atoms with Crippen LogP contribution < -0.4 is 4.74 Å². The van der Waals surface area contributed by atoms with Crippen molar-refractivity contribution in [3.63, 3.8) is 0 Å². The highest BCUT2D eigenvalue weighted by molar-refractivity contribution is 5.88. The van der Waals surface area contributed by atoms with Crippen LogP contribution in [0.25, 0.3) is 17.2 Å². The zero-order valence-electron chi connectivity index (χ0n) is 18.5. The summed E-state index contributed by atoms with van der Waals surface area (Å²) in [6.45, 7) is 10.9. The van der Waals surface area contributed by atoms with Crippen LogP contribution in [0, 0.1) is 0 Å². The van der Waals surface area contributed by atoms with E-state index < -0.39 is 0 Å². The average molecular weight is 399 g/mol. The Bertz CT molecular complexity index is 1000. The smallest absolute Gasteiger partial charge is 0.336 e. The molecule has 0 fully saturated rings. The maximum absolute atomic E-state index is 12.2. The summed E-state index contributed by atoms with van der Waals surface area (Å²) >= 11 is 0. The minimum atomic E-state index is -0.385. The summed E-state index contributed by atoms with van der Waals surface area (Å²) in [5.41, 5.74) is 5.92. The predicted octanol–water partition coefficient (Wildman–Crippen LogP) is 7.39. The van der Waals surface area contributed by atoms with Gasteiger partial charge in [-0.1, -0.05) is 95.3 Å². The van der Waals surface area contributed by atoms with E-state index in [4.69, 9.17) is 4.74 Å². The van der Waals surface area contributed by atoms with Crippen molar-refractivity contribution < 1.29 is 9.53 Å². The Morgan fingerprint density at radius 2 is 1.33 bits per heavy atom. The number of hydrogen-bond acceptors (Lipinski definition) is 2. The van der Waals surface area contributed by atoms with Crippen molar-refractivity contribution in [2.75, 3.05) is 0 Å². The molecule has 154 valence electrons. The predicted molar refractivity (Wildman–Crippen MR) is 126 cm³/mol. The third-order valence-electron chi connectivity index (χ3n) is 5.17. The average Bonchev–Trinajstić information content (AvgIpc) is 2.72. The van der Waals surface area contributed by atoms with E-state index >= 15 is 0 Å². The first-order valence-electron chi connectivity index (χ1n) is 10.4. The highest BCUT2D eigenvalue weighted by Crippen LogP contribution is 2.25. The minimum Gasteiger partial charge on any atom is -0.423 e. The molecule has 0 N–H and O–H groups in total. The number of carbonyl (C=O) groups excluding carboxylic acids is 1. The van der Waals surface area contributed by atoms with Gasteiger partial charge >= 0.3 is 5.97 Å². The Morgan fingerprint density at radius 3 is 1.83 bits per heavy atom. The van der Waals surface area contributed by atoms with Crippen LogP contribution in [-0.4, -0.2) is 5.97 Å². The monoisotopic (exact) mass is 398 g/mol. The zero-order chi connectivity index (χ0) is 21.7. The van der Waals surface area contributed by atoms with E-state index in [0.29, 0.717) is 11.7 Å². The van der Waals surface area contributed by atoms with Gasteiger partial charge in [-0.15, -0.1) is 0 Å². The molecule has 0 aromatic heterocycles. The summed E-state index contributed by atoms with van der Waals surface area (Å²) in [7, 11) is 0. The first kappa shape index (κ1) is 21.6. The van der Waals surface area contributed by atoms with Crippen LogP contribution in [0.5, 0.6) is 5.75 Å². The van der Waals surface area contributed by atoms with Gasteiger partial charge in [0.2, 0.25) is 0 Å². The van der Waals surface area contributed by atoms with Crippen LogP contribution in [0.3, 0.4) is 0 Å². The van der Waals surface area contributed by atoms with Gasteiger partial charge in [-0.3, -0.25) is 0 Å². The zero-order valence-corrected chi connectivity index (χ0v) is 18.5. The van der Waals surface area contributed by atoms with E-state index in [1.165, 1.54) is 17.2 Å². The lowest BCUT2D eigenvalue weighted by Crippen LogP contribution is -2.10. The van der Waals surface area contributed by atoms with Crippen LogP contribution in [0.1, 0.15) is 57.2 Å². The number of hydrogen-bond donors (Lipinski definition) is 0. The van der Waals surface area contributed by atoms with E-state index in [0.717, 1.165) is 16.7 Å². The van der Waals surface area contributed by atoms with Crippen molar-refractivity contribution in [3.05, 3.63) is 95.6 Å². The molecule has 2 heteroatoms. The summed E-state index contributed by atoms with van der Waals surface area (Å²) in [4.78, 5) is 12.2. The molecule has 0 aliphatic rings. The van der Waals surface area contributed by atoms with Crippen molar-refractivity contribution in [2.24, 2.45) is 0 Å². The number of esters is 1. The number of carbonyl (C=O) groups is 1. The van der Waals surface area contributed by atoms with E-state index in [-0.39, 0.29) is 11.4 Å². The van der Waals surface area contributed by atoms with Gasteiger partial charge in [0, 0.05) is 6.08 Å². The van der Waals surface area contributed by atoms with Crippen LogP contribution in [0.15, 0.2) is 78.9 Å². The van der Waals surface area contributed by atoms with E-state index in [9.17, 15) is 4.79 Å². The summed E-state index contributed by atoms with van der Waals surface area (Å²) < 4.78 is 5.43. The van der Waals surface area contributed by atoms with Crippen LogP contribution in [-0.2, 0) is 10.2 Å². The first-order valence-corrected chi connectivity index (χ1v) is 10.4. The maximum atomic E-state index is 12.2. The molecule has 0 bridgehead atoms. The second kappa shape index (κ2) is 9.13. The second-order valence-corrected chi connectivity index (χ2v) is 8.93. The Labute approximate surface area is 180 Å². The van der Waals surface area contributed by atoms with E-state index in [2.05, 4.69) is 71.0 Å². The van der Waals surface area contributed by atoms with Crippen molar-refractivity contribution in [3.8, 4) is 16.9 Å². The summed E-state index contributed by atoms with van der Waals surface area (Å²) in [5.74, 6) is 0.671. The van der Waals surface area contributed by atoms with Gasteiger partial charge < -0.3 is 4.74 Å². The highest BCUT2D eigenvalue weighted by atomic mass is 16.5. The molecule has 3 rings (SSSR count). The molecule has 3 aromatic rings. The van der Waals surface area contributed by atoms with Crippen molar-refractivity contribution in [1.82, 2.24) is 0 Å². The largest absolute Gasteiger partial charge is 0.423 e. The van der Waals surface area contributed by atoms with Gasteiger partial charge in [-0.05, 0) is 57.4 Å². The van der Waals surface area contributed by atoms with Gasteiger partial charge in [0.25, 0.3) is 0 Å². The molecule has 0 spiro atoms. The third-order valence-corrected chi connectivity index (χ3v) is 5.17. The molecule has 0 saturated heterocycles. The van der Waals surface area contributed by atoms with Crippen LogP contribution in [0.4, 0.5) is 0 Å². The molecule has 0 amide bonds. The molecule has 0 saturated carbocycles. The van der Waals surface area contributed by atoms with Gasteiger partial charge in [-0.2, -0.15) is 0 Å². The summed E-state index contributed by atoms with van der Waals surface area (Å²) in [6.07, 6.45) is 3.24. The summed E-state index contributed by atoms with van der Waals surface area (Å²) in [5, 5.41) is 0. The SMILES string of the molecule is CC(C)c1ccc(-c2ccc(OC(=O)/C=C/c3ccc(C(C)(C)C)cc3)cc2)cc1. The van der Waals surface area contributed by atoms with Crippen molar-refractivity contribution in [1.29, 1.82) is 0 Å². The molecule has 0 aliphatic heterocycles. The number of rotatable bonds is 5. The molecule has 0 heterocycles. The Kier molecular flexibility index (Phi) is 6.56. The van der Waals surface area contributed by atoms with Gasteiger partial charge in [0.15, 0.2) is 0 Å². The molecule has 3 aromatic carbocycles. The van der Waals surface area contributed by atoms with Crippen molar-refractivity contribution in [2.45, 2.75) is 46.0 Å². The van der Waals surface area contributed by atoms with Gasteiger partial charge in [0.1, 0.15) is 5.75 Å². The minimum absolute atomic E-state index is 0.115. The normalized spacial score (nSPS) is 11.8. The quantitative estimate of drug-likeness (QED) is 0.254. The molecule has 0 aliphatic carbocycles. The molecule has 2 nitrogen and oxygen atoms in total. The lowest BCUT2D eigenvalue weighted by Gasteiger charge is -2.18. The fraction of sp³-hybridized carbons (Fsp3) is 0.250. The molecule has 0 unspecified atom stereocenters. The third kappa shape index (κ3) is 5.70. The van der Waals surface area contributed by atoms with E-state index in [1.54, 1.807) is 6.08 Å². The topological polar surface area (TPSA) is 26.3 Å². The molecule has 30 heavy (non-hydrogen) atoms. The fourth-order valence-corrected chi connectivity index (χ4v) is 3.18. The molecule has 0 atom stereocenters.